The van der Waals surface area contributed by atoms with Crippen molar-refractivity contribution in [1.82, 2.24) is 0 Å². The van der Waals surface area contributed by atoms with E-state index < -0.39 is 0 Å². The maximum Gasteiger partial charge on any atom is 0.159 e. The molecule has 0 atom stereocenters. The molecule has 2 aromatic heterocycles. The number of anilines is 3. The lowest BCUT2D eigenvalue weighted by molar-refractivity contribution is 0.670. The molecule has 0 aliphatic heterocycles. The van der Waals surface area contributed by atoms with E-state index in [0.29, 0.717) is 0 Å². The van der Waals surface area contributed by atoms with Gasteiger partial charge in [0, 0.05) is 44.0 Å². The molecule has 11 aromatic rings. The first kappa shape index (κ1) is 32.8. The quantitative estimate of drug-likeness (QED) is 0.164. The first-order chi connectivity index (χ1) is 28.3. The van der Waals surface area contributed by atoms with Gasteiger partial charge in [-0.25, -0.2) is 0 Å². The third-order valence-electron chi connectivity index (χ3n) is 11.1. The summed E-state index contributed by atoms with van der Waals surface area (Å²) < 4.78 is 13.4. The molecule has 9 aromatic carbocycles. The van der Waals surface area contributed by atoms with E-state index in [2.05, 4.69) is 205 Å². The minimum Gasteiger partial charge on any atom is -0.455 e. The molecular weight excluding hydrogens is 695 g/mol. The number of hydrogen-bond donors (Lipinski definition) is 0. The topological polar surface area (TPSA) is 29.5 Å². The molecule has 0 amide bonds. The molecule has 2 heterocycles. The van der Waals surface area contributed by atoms with Crippen molar-refractivity contribution in [3.63, 3.8) is 0 Å². The number of hydrogen-bond acceptors (Lipinski definition) is 3. The standard InChI is InChI=1S/C54H35NO2/c1-4-13-36(14-5-1)37-25-30-42(31-26-37)55(50-24-12-23-47-46-21-10-20-45(53(46)57-54(47)50)40-17-8-3-9-18-40)43-32-27-38(28-33-43)41-29-34-51-49(35-41)48-22-11-19-44(52(48)56-51)39-15-6-2-7-16-39/h1-35H. The van der Waals surface area contributed by atoms with Gasteiger partial charge in [0.2, 0.25) is 0 Å². The van der Waals surface area contributed by atoms with E-state index in [9.17, 15) is 0 Å². The minimum absolute atomic E-state index is 0.847. The fourth-order valence-corrected chi connectivity index (χ4v) is 8.31. The van der Waals surface area contributed by atoms with Gasteiger partial charge < -0.3 is 13.7 Å². The maximum absolute atomic E-state index is 6.93. The lowest BCUT2D eigenvalue weighted by Crippen LogP contribution is -2.10. The first-order valence-corrected chi connectivity index (χ1v) is 19.3. The van der Waals surface area contributed by atoms with E-state index in [1.807, 2.05) is 12.1 Å². The first-order valence-electron chi connectivity index (χ1n) is 19.3. The van der Waals surface area contributed by atoms with Crippen LogP contribution in [-0.2, 0) is 0 Å². The van der Waals surface area contributed by atoms with Gasteiger partial charge in [-0.1, -0.05) is 170 Å². The summed E-state index contributed by atoms with van der Waals surface area (Å²) in [5.74, 6) is 0. The third-order valence-corrected chi connectivity index (χ3v) is 11.1. The second kappa shape index (κ2) is 13.6. The highest BCUT2D eigenvalue weighted by molar-refractivity contribution is 6.14. The molecule has 3 heteroatoms. The van der Waals surface area contributed by atoms with Gasteiger partial charge in [-0.05, 0) is 75.8 Å². The number of para-hydroxylation sites is 3. The highest BCUT2D eigenvalue weighted by atomic mass is 16.3. The molecule has 0 saturated heterocycles. The fraction of sp³-hybridized carbons (Fsp3) is 0. The van der Waals surface area contributed by atoms with Crippen LogP contribution in [0.4, 0.5) is 17.1 Å². The SMILES string of the molecule is c1ccc(-c2ccc(N(c3ccc(-c4ccc5oc6c(-c7ccccc7)cccc6c5c4)cc3)c3cccc4c3oc3c(-c5ccccc5)cccc34)cc2)cc1. The van der Waals surface area contributed by atoms with Gasteiger partial charge in [0.05, 0.1) is 5.69 Å². The van der Waals surface area contributed by atoms with Gasteiger partial charge in [-0.3, -0.25) is 0 Å². The molecule has 3 nitrogen and oxygen atoms in total. The molecule has 0 aliphatic carbocycles. The molecule has 268 valence electrons. The van der Waals surface area contributed by atoms with Crippen LogP contribution >= 0.6 is 0 Å². The lowest BCUT2D eigenvalue weighted by Gasteiger charge is -2.26. The molecule has 0 radical (unpaired) electrons. The summed E-state index contributed by atoms with van der Waals surface area (Å²) >= 11 is 0. The molecule has 0 aliphatic rings. The molecule has 0 saturated carbocycles. The molecule has 0 bridgehead atoms. The van der Waals surface area contributed by atoms with Crippen LogP contribution in [0.2, 0.25) is 0 Å². The van der Waals surface area contributed by atoms with Gasteiger partial charge in [-0.2, -0.15) is 0 Å². The molecule has 0 fully saturated rings. The molecule has 0 unspecified atom stereocenters. The van der Waals surface area contributed by atoms with Crippen LogP contribution in [0.25, 0.3) is 88.4 Å². The van der Waals surface area contributed by atoms with E-state index in [4.69, 9.17) is 8.83 Å². The van der Waals surface area contributed by atoms with E-state index >= 15 is 0 Å². The maximum atomic E-state index is 6.93. The highest BCUT2D eigenvalue weighted by Gasteiger charge is 2.21. The van der Waals surface area contributed by atoms with Crippen molar-refractivity contribution in [2.24, 2.45) is 0 Å². The highest BCUT2D eigenvalue weighted by Crippen LogP contribution is 2.45. The van der Waals surface area contributed by atoms with Crippen LogP contribution < -0.4 is 4.90 Å². The normalized spacial score (nSPS) is 11.5. The van der Waals surface area contributed by atoms with Crippen molar-refractivity contribution in [1.29, 1.82) is 0 Å². The Kier molecular flexibility index (Phi) is 7.82. The van der Waals surface area contributed by atoms with Crippen molar-refractivity contribution < 1.29 is 8.83 Å². The summed E-state index contributed by atoms with van der Waals surface area (Å²) in [5.41, 5.74) is 15.7. The van der Waals surface area contributed by atoms with Gasteiger partial charge in [0.25, 0.3) is 0 Å². The molecule has 0 N–H and O–H groups in total. The zero-order valence-electron chi connectivity index (χ0n) is 31.0. The van der Waals surface area contributed by atoms with Crippen LogP contribution in [0.1, 0.15) is 0 Å². The summed E-state index contributed by atoms with van der Waals surface area (Å²) in [7, 11) is 0. The van der Waals surface area contributed by atoms with Crippen LogP contribution in [0.15, 0.2) is 221 Å². The Hall–Kier alpha value is -7.62. The number of rotatable bonds is 7. The predicted octanol–water partition coefficient (Wildman–Crippen LogP) is 15.6. The number of benzene rings is 9. The van der Waals surface area contributed by atoms with Crippen LogP contribution in [-0.4, -0.2) is 0 Å². The van der Waals surface area contributed by atoms with Gasteiger partial charge >= 0.3 is 0 Å². The van der Waals surface area contributed by atoms with Crippen LogP contribution in [0.5, 0.6) is 0 Å². The van der Waals surface area contributed by atoms with Crippen molar-refractivity contribution in [3.8, 4) is 44.5 Å². The number of fused-ring (bicyclic) bond motifs is 6. The molecule has 11 rings (SSSR count). The minimum atomic E-state index is 0.847. The average Bonchev–Trinajstić information content (AvgIpc) is 3.87. The Morgan fingerprint density at radius 3 is 1.30 bits per heavy atom. The van der Waals surface area contributed by atoms with E-state index in [1.54, 1.807) is 0 Å². The van der Waals surface area contributed by atoms with Crippen molar-refractivity contribution in [3.05, 3.63) is 212 Å². The largest absolute Gasteiger partial charge is 0.455 e. The Balaban J connectivity index is 1.03. The summed E-state index contributed by atoms with van der Waals surface area (Å²) in [5, 5.41) is 4.40. The van der Waals surface area contributed by atoms with Crippen LogP contribution in [0, 0.1) is 0 Å². The van der Waals surface area contributed by atoms with E-state index in [1.165, 1.54) is 11.1 Å². The van der Waals surface area contributed by atoms with E-state index in [-0.39, 0.29) is 0 Å². The Morgan fingerprint density at radius 2 is 0.719 bits per heavy atom. The summed E-state index contributed by atoms with van der Waals surface area (Å²) in [6.07, 6.45) is 0. The average molecular weight is 730 g/mol. The second-order valence-electron chi connectivity index (χ2n) is 14.5. The second-order valence-corrected chi connectivity index (χ2v) is 14.5. The number of furan rings is 2. The van der Waals surface area contributed by atoms with Gasteiger partial charge in [0.1, 0.15) is 16.7 Å². The van der Waals surface area contributed by atoms with Crippen LogP contribution in [0.3, 0.4) is 0 Å². The Bertz CT molecular complexity index is 3200. The lowest BCUT2D eigenvalue weighted by atomic mass is 10.00. The molecular formula is C54H35NO2. The smallest absolute Gasteiger partial charge is 0.159 e. The third kappa shape index (κ3) is 5.68. The Morgan fingerprint density at radius 1 is 0.281 bits per heavy atom. The van der Waals surface area contributed by atoms with Gasteiger partial charge in [-0.15, -0.1) is 0 Å². The van der Waals surface area contributed by atoms with E-state index in [0.717, 1.165) is 94.3 Å². The molecule has 0 spiro atoms. The zero-order valence-corrected chi connectivity index (χ0v) is 31.0. The van der Waals surface area contributed by atoms with Crippen molar-refractivity contribution in [2.45, 2.75) is 0 Å². The van der Waals surface area contributed by atoms with Crippen molar-refractivity contribution >= 4 is 60.9 Å². The summed E-state index contributed by atoms with van der Waals surface area (Å²) in [6, 6.07) is 74.9. The Labute approximate surface area is 330 Å². The fourth-order valence-electron chi connectivity index (χ4n) is 8.31. The van der Waals surface area contributed by atoms with Crippen molar-refractivity contribution in [2.75, 3.05) is 4.90 Å². The summed E-state index contributed by atoms with van der Waals surface area (Å²) in [4.78, 5) is 2.31. The zero-order chi connectivity index (χ0) is 37.7. The number of nitrogens with zero attached hydrogens (tertiary/aromatic N) is 1. The molecule has 57 heavy (non-hydrogen) atoms. The predicted molar refractivity (Wildman–Crippen MR) is 237 cm³/mol. The monoisotopic (exact) mass is 729 g/mol. The van der Waals surface area contributed by atoms with Gasteiger partial charge in [0.15, 0.2) is 5.58 Å². The summed E-state index contributed by atoms with van der Waals surface area (Å²) in [6.45, 7) is 0.